The van der Waals surface area contributed by atoms with E-state index in [2.05, 4.69) is 26.8 Å². The lowest BCUT2D eigenvalue weighted by atomic mass is 10.0. The van der Waals surface area contributed by atoms with Gasteiger partial charge in [-0.25, -0.2) is 0 Å². The van der Waals surface area contributed by atoms with Gasteiger partial charge in [-0.2, -0.15) is 0 Å². The van der Waals surface area contributed by atoms with Crippen LogP contribution in [0, 0.1) is 5.92 Å². The van der Waals surface area contributed by atoms with Gasteiger partial charge in [0.15, 0.2) is 0 Å². The van der Waals surface area contributed by atoms with E-state index in [9.17, 15) is 0 Å². The third-order valence-corrected chi connectivity index (χ3v) is 2.72. The van der Waals surface area contributed by atoms with Gasteiger partial charge in [0.2, 0.25) is 0 Å². The van der Waals surface area contributed by atoms with E-state index in [0.717, 1.165) is 12.8 Å². The summed E-state index contributed by atoms with van der Waals surface area (Å²) in [5, 5.41) is 0.261. The predicted molar refractivity (Wildman–Crippen MR) is 58.2 cm³/mol. The fraction of sp³-hybridized carbons (Fsp3) is 0.800. The molecule has 0 spiro atoms. The predicted octanol–water partition coefficient (Wildman–Crippen LogP) is 4.22. The minimum Gasteiger partial charge on any atom is -0.126 e. The molecule has 0 aliphatic rings. The molecule has 0 aliphatic heterocycles. The number of rotatable bonds is 5. The van der Waals surface area contributed by atoms with Crippen LogP contribution in [0.15, 0.2) is 11.6 Å². The second kappa shape index (κ2) is 6.80. The maximum Gasteiger partial charge on any atom is 0.0395 e. The third-order valence-electron chi connectivity index (χ3n) is 1.84. The monoisotopic (exact) mass is 208 g/mol. The number of allylic oxidation sites excluding steroid dienone is 2. The lowest BCUT2D eigenvalue weighted by molar-refractivity contribution is 0.593. The van der Waals surface area contributed by atoms with E-state index in [0.29, 0.717) is 11.8 Å². The second-order valence-corrected chi connectivity index (χ2v) is 4.43. The first-order chi connectivity index (χ1) is 5.57. The topological polar surface area (TPSA) is 0 Å². The van der Waals surface area contributed by atoms with Crippen LogP contribution in [0.2, 0.25) is 0 Å². The third kappa shape index (κ3) is 5.91. The molecule has 0 bridgehead atoms. The zero-order chi connectivity index (χ0) is 9.56. The fourth-order valence-corrected chi connectivity index (χ4v) is 1.28. The molecule has 1 atom stereocenters. The molecule has 72 valence electrons. The Morgan fingerprint density at radius 2 is 2.00 bits per heavy atom. The Labute approximate surface area is 85.9 Å². The smallest absolute Gasteiger partial charge is 0.0395 e. The van der Waals surface area contributed by atoms with Crippen molar-refractivity contribution in [2.75, 3.05) is 5.88 Å². The molecule has 0 aromatic carbocycles. The molecule has 0 aliphatic carbocycles. The molecule has 0 heterocycles. The first-order valence-corrected chi connectivity index (χ1v) is 5.40. The average molecular weight is 209 g/mol. The van der Waals surface area contributed by atoms with E-state index in [1.165, 1.54) is 5.57 Å². The van der Waals surface area contributed by atoms with Crippen LogP contribution in [0.5, 0.6) is 0 Å². The second-order valence-electron chi connectivity index (χ2n) is 3.49. The summed E-state index contributed by atoms with van der Waals surface area (Å²) in [6.45, 7) is 6.41. The minimum absolute atomic E-state index is 0.261. The Balaban J connectivity index is 3.74. The molecule has 2 heteroatoms. The highest BCUT2D eigenvalue weighted by atomic mass is 35.5. The van der Waals surface area contributed by atoms with E-state index in [1.54, 1.807) is 0 Å². The fourth-order valence-electron chi connectivity index (χ4n) is 0.928. The molecule has 0 aromatic heterocycles. The molecule has 12 heavy (non-hydrogen) atoms. The SMILES string of the molecule is CC(=CCCCl)CC(Cl)C(C)C. The van der Waals surface area contributed by atoms with E-state index in [1.807, 2.05) is 0 Å². The molecule has 0 nitrogen and oxygen atoms in total. The van der Waals surface area contributed by atoms with E-state index in [-0.39, 0.29) is 5.38 Å². The number of hydrogen-bond donors (Lipinski definition) is 0. The van der Waals surface area contributed by atoms with Crippen LogP contribution >= 0.6 is 23.2 Å². The molecule has 0 aromatic rings. The van der Waals surface area contributed by atoms with Crippen molar-refractivity contribution in [2.24, 2.45) is 5.92 Å². The summed E-state index contributed by atoms with van der Waals surface area (Å²) < 4.78 is 0. The van der Waals surface area contributed by atoms with Gasteiger partial charge in [-0.15, -0.1) is 23.2 Å². The van der Waals surface area contributed by atoms with Gasteiger partial charge in [-0.05, 0) is 25.7 Å². The van der Waals surface area contributed by atoms with Gasteiger partial charge >= 0.3 is 0 Å². The highest BCUT2D eigenvalue weighted by molar-refractivity contribution is 6.20. The average Bonchev–Trinajstić information content (AvgIpc) is 2.00. The number of hydrogen-bond acceptors (Lipinski definition) is 0. The molecule has 0 fully saturated rings. The zero-order valence-corrected chi connectivity index (χ0v) is 9.62. The van der Waals surface area contributed by atoms with E-state index in [4.69, 9.17) is 23.2 Å². The maximum absolute atomic E-state index is 6.12. The minimum atomic E-state index is 0.261. The normalized spacial score (nSPS) is 15.3. The van der Waals surface area contributed by atoms with Crippen molar-refractivity contribution < 1.29 is 0 Å². The van der Waals surface area contributed by atoms with Crippen molar-refractivity contribution in [1.82, 2.24) is 0 Å². The van der Waals surface area contributed by atoms with Crippen LogP contribution in [-0.4, -0.2) is 11.3 Å². The van der Waals surface area contributed by atoms with Gasteiger partial charge < -0.3 is 0 Å². The van der Waals surface area contributed by atoms with Crippen molar-refractivity contribution >= 4 is 23.2 Å². The van der Waals surface area contributed by atoms with Gasteiger partial charge in [0, 0.05) is 11.3 Å². The number of alkyl halides is 2. The standard InChI is InChI=1S/C10H18Cl2/c1-8(2)10(12)7-9(3)5-4-6-11/h5,8,10H,4,6-7H2,1-3H3. The first kappa shape index (κ1) is 12.3. The maximum atomic E-state index is 6.12. The van der Waals surface area contributed by atoms with Crippen molar-refractivity contribution in [3.8, 4) is 0 Å². The summed E-state index contributed by atoms with van der Waals surface area (Å²) in [7, 11) is 0. The number of halogens is 2. The summed E-state index contributed by atoms with van der Waals surface area (Å²) in [5.41, 5.74) is 1.35. The van der Waals surface area contributed by atoms with E-state index < -0.39 is 0 Å². The molecular weight excluding hydrogens is 191 g/mol. The Bertz CT molecular complexity index is 139. The lowest BCUT2D eigenvalue weighted by Gasteiger charge is -2.13. The molecular formula is C10H18Cl2. The Hall–Kier alpha value is 0.320. The highest BCUT2D eigenvalue weighted by Gasteiger charge is 2.09. The summed E-state index contributed by atoms with van der Waals surface area (Å²) >= 11 is 11.7. The van der Waals surface area contributed by atoms with Crippen molar-refractivity contribution in [3.05, 3.63) is 11.6 Å². The summed E-state index contributed by atoms with van der Waals surface area (Å²) in [5.74, 6) is 1.25. The quantitative estimate of drug-likeness (QED) is 0.469. The molecule has 1 unspecified atom stereocenters. The van der Waals surface area contributed by atoms with Crippen LogP contribution in [0.1, 0.15) is 33.6 Å². The van der Waals surface area contributed by atoms with Gasteiger partial charge in [-0.1, -0.05) is 25.5 Å². The summed E-state index contributed by atoms with van der Waals surface area (Å²) in [6.07, 6.45) is 4.11. The molecule has 0 saturated carbocycles. The Morgan fingerprint density at radius 1 is 1.42 bits per heavy atom. The van der Waals surface area contributed by atoms with Gasteiger partial charge in [0.05, 0.1) is 0 Å². The van der Waals surface area contributed by atoms with Crippen LogP contribution in [0.25, 0.3) is 0 Å². The molecule has 0 radical (unpaired) electrons. The van der Waals surface area contributed by atoms with Gasteiger partial charge in [-0.3, -0.25) is 0 Å². The Morgan fingerprint density at radius 3 is 2.42 bits per heavy atom. The molecule has 0 N–H and O–H groups in total. The van der Waals surface area contributed by atoms with Crippen molar-refractivity contribution in [3.63, 3.8) is 0 Å². The largest absolute Gasteiger partial charge is 0.126 e. The highest BCUT2D eigenvalue weighted by Crippen LogP contribution is 2.18. The summed E-state index contributed by atoms with van der Waals surface area (Å²) in [6, 6.07) is 0. The van der Waals surface area contributed by atoms with Crippen LogP contribution in [0.3, 0.4) is 0 Å². The summed E-state index contributed by atoms with van der Waals surface area (Å²) in [4.78, 5) is 0. The molecule has 0 saturated heterocycles. The van der Waals surface area contributed by atoms with Gasteiger partial charge in [0.1, 0.15) is 0 Å². The first-order valence-electron chi connectivity index (χ1n) is 4.43. The van der Waals surface area contributed by atoms with Crippen LogP contribution in [0.4, 0.5) is 0 Å². The zero-order valence-electron chi connectivity index (χ0n) is 8.11. The van der Waals surface area contributed by atoms with Crippen molar-refractivity contribution in [1.29, 1.82) is 0 Å². The lowest BCUT2D eigenvalue weighted by Crippen LogP contribution is -2.07. The van der Waals surface area contributed by atoms with E-state index >= 15 is 0 Å². The van der Waals surface area contributed by atoms with Gasteiger partial charge in [0.25, 0.3) is 0 Å². The van der Waals surface area contributed by atoms with Crippen molar-refractivity contribution in [2.45, 2.75) is 39.0 Å². The molecule has 0 rings (SSSR count). The molecule has 0 amide bonds. The van der Waals surface area contributed by atoms with Crippen LogP contribution < -0.4 is 0 Å². The van der Waals surface area contributed by atoms with Crippen LogP contribution in [-0.2, 0) is 0 Å². The Kier molecular flexibility index (Phi) is 6.98.